The SMILES string of the molecule is O=C(OCC(=O)N1N=C(c2ccc(Cl)cc2)CC1c1ccco1)c1c2ccccc2cc2ccccc12. The maximum Gasteiger partial charge on any atom is 0.339 e. The Labute approximate surface area is 217 Å². The molecule has 5 aromatic rings. The highest BCUT2D eigenvalue weighted by Gasteiger charge is 2.35. The fraction of sp³-hybridized carbons (Fsp3) is 0.100. The molecule has 2 heterocycles. The summed E-state index contributed by atoms with van der Waals surface area (Å²) in [4.78, 5) is 26.7. The Kier molecular flexibility index (Phi) is 5.94. The monoisotopic (exact) mass is 508 g/mol. The van der Waals surface area contributed by atoms with Crippen LogP contribution in [-0.2, 0) is 9.53 Å². The lowest BCUT2D eigenvalue weighted by Gasteiger charge is -2.20. The van der Waals surface area contributed by atoms with Crippen molar-refractivity contribution in [2.45, 2.75) is 12.5 Å². The summed E-state index contributed by atoms with van der Waals surface area (Å²) in [6, 6.07) is 27.7. The van der Waals surface area contributed by atoms with Crippen LogP contribution in [0, 0.1) is 0 Å². The van der Waals surface area contributed by atoms with Gasteiger partial charge in [0.1, 0.15) is 11.8 Å². The molecule has 1 unspecified atom stereocenters. The van der Waals surface area contributed by atoms with Crippen molar-refractivity contribution >= 4 is 50.7 Å². The van der Waals surface area contributed by atoms with E-state index in [9.17, 15) is 9.59 Å². The number of hydrogen-bond donors (Lipinski definition) is 0. The summed E-state index contributed by atoms with van der Waals surface area (Å²) in [7, 11) is 0. The van der Waals surface area contributed by atoms with Gasteiger partial charge in [0.2, 0.25) is 0 Å². The molecule has 0 bridgehead atoms. The van der Waals surface area contributed by atoms with Crippen LogP contribution >= 0.6 is 11.6 Å². The normalized spacial score (nSPS) is 15.2. The maximum atomic E-state index is 13.4. The van der Waals surface area contributed by atoms with Gasteiger partial charge in [-0.3, -0.25) is 4.79 Å². The minimum absolute atomic E-state index is 0.440. The van der Waals surface area contributed by atoms with Gasteiger partial charge < -0.3 is 9.15 Å². The summed E-state index contributed by atoms with van der Waals surface area (Å²) in [5, 5.41) is 9.94. The number of hydrogen-bond acceptors (Lipinski definition) is 5. The molecule has 0 saturated carbocycles. The fourth-order valence-corrected chi connectivity index (χ4v) is 4.88. The van der Waals surface area contributed by atoms with Crippen molar-refractivity contribution in [3.63, 3.8) is 0 Å². The second-order valence-electron chi connectivity index (χ2n) is 8.80. The number of rotatable bonds is 5. The van der Waals surface area contributed by atoms with E-state index in [2.05, 4.69) is 5.10 Å². The summed E-state index contributed by atoms with van der Waals surface area (Å²) < 4.78 is 11.2. The molecule has 6 nitrogen and oxygen atoms in total. The van der Waals surface area contributed by atoms with Gasteiger partial charge >= 0.3 is 5.97 Å². The Hall–Kier alpha value is -4.42. The number of carbonyl (C=O) groups excluding carboxylic acids is 2. The predicted molar refractivity (Wildman–Crippen MR) is 143 cm³/mol. The van der Waals surface area contributed by atoms with Crippen molar-refractivity contribution in [1.82, 2.24) is 5.01 Å². The molecule has 7 heteroatoms. The van der Waals surface area contributed by atoms with Gasteiger partial charge in [0.05, 0.1) is 17.5 Å². The topological polar surface area (TPSA) is 72.1 Å². The predicted octanol–water partition coefficient (Wildman–Crippen LogP) is 6.77. The molecule has 0 saturated heterocycles. The number of nitrogens with zero attached hydrogens (tertiary/aromatic N) is 2. The highest BCUT2D eigenvalue weighted by atomic mass is 35.5. The third-order valence-corrected chi connectivity index (χ3v) is 6.77. The molecular weight excluding hydrogens is 488 g/mol. The Bertz CT molecular complexity index is 1600. The van der Waals surface area contributed by atoms with E-state index in [-0.39, 0.29) is 0 Å². The van der Waals surface area contributed by atoms with Gasteiger partial charge in [0, 0.05) is 11.4 Å². The van der Waals surface area contributed by atoms with E-state index in [1.54, 1.807) is 30.5 Å². The molecule has 1 aliphatic rings. The molecule has 1 aromatic heterocycles. The smallest absolute Gasteiger partial charge is 0.339 e. The van der Waals surface area contributed by atoms with E-state index in [4.69, 9.17) is 20.8 Å². The van der Waals surface area contributed by atoms with Crippen LogP contribution in [0.1, 0.15) is 34.1 Å². The molecule has 6 rings (SSSR count). The number of ether oxygens (including phenoxy) is 1. The molecule has 1 amide bonds. The van der Waals surface area contributed by atoms with Crippen LogP contribution in [0.4, 0.5) is 0 Å². The Morgan fingerprint density at radius 2 is 1.59 bits per heavy atom. The van der Waals surface area contributed by atoms with Crippen molar-refractivity contribution in [3.05, 3.63) is 119 Å². The standard InChI is InChI=1S/C30H21ClN2O4/c31-22-13-11-19(12-14-22)25-17-26(27-10-5-15-36-27)33(32-25)28(34)18-37-30(35)29-23-8-3-1-6-20(23)16-21-7-2-4-9-24(21)29/h1-16,26H,17-18H2. The van der Waals surface area contributed by atoms with Crippen molar-refractivity contribution in [3.8, 4) is 0 Å². The first kappa shape index (κ1) is 23.0. The molecule has 182 valence electrons. The van der Waals surface area contributed by atoms with Gasteiger partial charge in [-0.1, -0.05) is 72.3 Å². The minimum Gasteiger partial charge on any atom is -0.467 e. The van der Waals surface area contributed by atoms with E-state index >= 15 is 0 Å². The second kappa shape index (κ2) is 9.56. The third-order valence-electron chi connectivity index (χ3n) is 6.52. The third kappa shape index (κ3) is 4.36. The Morgan fingerprint density at radius 3 is 2.24 bits per heavy atom. The zero-order valence-corrected chi connectivity index (χ0v) is 20.4. The highest BCUT2D eigenvalue weighted by Crippen LogP contribution is 2.34. The lowest BCUT2D eigenvalue weighted by molar-refractivity contribution is -0.136. The number of amides is 1. The van der Waals surface area contributed by atoms with E-state index in [1.807, 2.05) is 66.7 Å². The van der Waals surface area contributed by atoms with Crippen molar-refractivity contribution in [2.75, 3.05) is 6.61 Å². The van der Waals surface area contributed by atoms with Crippen LogP contribution in [0.3, 0.4) is 0 Å². The van der Waals surface area contributed by atoms with Gasteiger partial charge in [-0.25, -0.2) is 9.80 Å². The molecule has 0 spiro atoms. The molecule has 0 radical (unpaired) electrons. The number of fused-ring (bicyclic) bond motifs is 2. The van der Waals surface area contributed by atoms with Crippen LogP contribution < -0.4 is 0 Å². The van der Waals surface area contributed by atoms with Crippen LogP contribution in [-0.4, -0.2) is 29.2 Å². The number of hydrazone groups is 1. The van der Waals surface area contributed by atoms with Crippen molar-refractivity contribution < 1.29 is 18.7 Å². The molecule has 4 aromatic carbocycles. The Morgan fingerprint density at radius 1 is 0.919 bits per heavy atom. The first-order valence-corrected chi connectivity index (χ1v) is 12.2. The average Bonchev–Trinajstić information content (AvgIpc) is 3.61. The largest absolute Gasteiger partial charge is 0.467 e. The number of furan rings is 1. The van der Waals surface area contributed by atoms with E-state index in [0.29, 0.717) is 22.8 Å². The molecule has 1 aliphatic heterocycles. The summed E-state index contributed by atoms with van der Waals surface area (Å²) in [5.41, 5.74) is 2.02. The molecule has 0 N–H and O–H groups in total. The molecule has 0 fully saturated rings. The number of esters is 1. The van der Waals surface area contributed by atoms with E-state index in [0.717, 1.165) is 32.8 Å². The zero-order valence-electron chi connectivity index (χ0n) is 19.6. The average molecular weight is 509 g/mol. The first-order valence-electron chi connectivity index (χ1n) is 11.8. The highest BCUT2D eigenvalue weighted by molar-refractivity contribution is 6.30. The van der Waals surface area contributed by atoms with Gasteiger partial charge in [-0.2, -0.15) is 5.10 Å². The van der Waals surface area contributed by atoms with Crippen LogP contribution in [0.2, 0.25) is 5.02 Å². The van der Waals surface area contributed by atoms with Crippen LogP contribution in [0.25, 0.3) is 21.5 Å². The maximum absolute atomic E-state index is 13.4. The van der Waals surface area contributed by atoms with Gasteiger partial charge in [0.25, 0.3) is 5.91 Å². The lowest BCUT2D eigenvalue weighted by Crippen LogP contribution is -2.31. The van der Waals surface area contributed by atoms with E-state index < -0.39 is 24.5 Å². The minimum atomic E-state index is -0.558. The van der Waals surface area contributed by atoms with Gasteiger partial charge in [-0.05, 0) is 57.4 Å². The summed E-state index contributed by atoms with van der Waals surface area (Å²) in [5.74, 6) is -0.396. The summed E-state index contributed by atoms with van der Waals surface area (Å²) in [6.45, 7) is -0.453. The van der Waals surface area contributed by atoms with Gasteiger partial charge in [0.15, 0.2) is 6.61 Å². The van der Waals surface area contributed by atoms with Gasteiger partial charge in [-0.15, -0.1) is 0 Å². The summed E-state index contributed by atoms with van der Waals surface area (Å²) in [6.07, 6.45) is 2.02. The van der Waals surface area contributed by atoms with Crippen LogP contribution in [0.15, 0.2) is 107 Å². The number of halogens is 1. The molecule has 37 heavy (non-hydrogen) atoms. The van der Waals surface area contributed by atoms with E-state index in [1.165, 1.54) is 5.01 Å². The Balaban J connectivity index is 1.28. The van der Waals surface area contributed by atoms with Crippen LogP contribution in [0.5, 0.6) is 0 Å². The fourth-order valence-electron chi connectivity index (χ4n) is 4.76. The summed E-state index contributed by atoms with van der Waals surface area (Å²) >= 11 is 6.03. The second-order valence-corrected chi connectivity index (χ2v) is 9.23. The molecule has 0 aliphatic carbocycles. The zero-order chi connectivity index (χ0) is 25.4. The quantitative estimate of drug-likeness (QED) is 0.194. The first-order chi connectivity index (χ1) is 18.1. The molecular formula is C30H21ClN2O4. The van der Waals surface area contributed by atoms with Crippen molar-refractivity contribution in [2.24, 2.45) is 5.10 Å². The van der Waals surface area contributed by atoms with Crippen molar-refractivity contribution in [1.29, 1.82) is 0 Å². The number of benzene rings is 4. The molecule has 1 atom stereocenters. The number of carbonyl (C=O) groups is 2. The lowest BCUT2D eigenvalue weighted by atomic mass is 9.97.